The van der Waals surface area contributed by atoms with Crippen LogP contribution in [-0.2, 0) is 24.5 Å². The lowest BCUT2D eigenvalue weighted by atomic mass is 9.74. The molecule has 148 valence electrons. The van der Waals surface area contributed by atoms with E-state index in [4.69, 9.17) is 20.6 Å². The van der Waals surface area contributed by atoms with Gasteiger partial charge >= 0.3 is 5.97 Å². The number of primary amides is 1. The Bertz CT molecular complexity index is 1120. The minimum atomic E-state index is -1.63. The summed E-state index contributed by atoms with van der Waals surface area (Å²) in [6.45, 7) is 4.65. The fourth-order valence-corrected chi connectivity index (χ4v) is 4.10. The van der Waals surface area contributed by atoms with Crippen molar-refractivity contribution in [2.75, 3.05) is 18.9 Å². The molecule has 0 fully saturated rings. The number of ether oxygens (including phenoxy) is 1. The Morgan fingerprint density at radius 3 is 2.79 bits per heavy atom. The fourth-order valence-electron chi connectivity index (χ4n) is 4.10. The predicted molar refractivity (Wildman–Crippen MR) is 102 cm³/mol. The molecule has 0 bridgehead atoms. The van der Waals surface area contributed by atoms with Gasteiger partial charge in [-0.1, -0.05) is 36.9 Å². The fraction of sp³-hybridized carbons (Fsp3) is 0.200. The number of carbonyl (C=O) groups is 3. The molecule has 2 amide bonds. The van der Waals surface area contributed by atoms with Crippen molar-refractivity contribution in [3.05, 3.63) is 59.4 Å². The third-order valence-electron chi connectivity index (χ3n) is 5.13. The lowest BCUT2D eigenvalue weighted by Gasteiger charge is -2.26. The summed E-state index contributed by atoms with van der Waals surface area (Å²) in [7, 11) is 0. The monoisotopic (exact) mass is 394 g/mol. The molecule has 2 aliphatic rings. The zero-order chi connectivity index (χ0) is 20.9. The van der Waals surface area contributed by atoms with E-state index in [9.17, 15) is 14.4 Å². The summed E-state index contributed by atoms with van der Waals surface area (Å²) in [5, 5.41) is 0. The summed E-state index contributed by atoms with van der Waals surface area (Å²) in [5.41, 5.74) is 11.1. The van der Waals surface area contributed by atoms with Gasteiger partial charge in [-0.2, -0.15) is 4.98 Å². The average molecular weight is 394 g/mol. The topological polar surface area (TPSA) is 142 Å². The zero-order valence-electron chi connectivity index (χ0n) is 15.6. The number of hydrogen-bond acceptors (Lipinski definition) is 7. The van der Waals surface area contributed by atoms with Gasteiger partial charge in [0.05, 0.1) is 5.57 Å². The molecule has 1 aliphatic heterocycles. The normalized spacial score (nSPS) is 19.5. The smallest absolute Gasteiger partial charge is 0.337 e. The lowest BCUT2D eigenvalue weighted by molar-refractivity contribution is -0.140. The first-order valence-corrected chi connectivity index (χ1v) is 8.80. The molecule has 0 saturated carbocycles. The number of esters is 1. The highest BCUT2D eigenvalue weighted by Crippen LogP contribution is 2.57. The number of nitrogens with zero attached hydrogens (tertiary/aromatic N) is 2. The van der Waals surface area contributed by atoms with Gasteiger partial charge in [0.15, 0.2) is 11.2 Å². The second-order valence-electron chi connectivity index (χ2n) is 6.73. The van der Waals surface area contributed by atoms with Crippen molar-refractivity contribution in [3.63, 3.8) is 0 Å². The summed E-state index contributed by atoms with van der Waals surface area (Å²) >= 11 is 0. The molecule has 4 rings (SSSR count). The Labute approximate surface area is 165 Å². The van der Waals surface area contributed by atoms with Gasteiger partial charge in [-0.05, 0) is 12.5 Å². The van der Waals surface area contributed by atoms with Crippen LogP contribution in [0.25, 0.3) is 11.3 Å². The SMILES string of the molecule is C=CCOC(=O)C1=C(C)N(CC(N)=O)C(=O)[C@@]12c1ccccc1-c1oc(N)nc12. The summed E-state index contributed by atoms with van der Waals surface area (Å²) in [5.74, 6) is -1.69. The summed E-state index contributed by atoms with van der Waals surface area (Å²) in [6.07, 6.45) is 1.42. The Balaban J connectivity index is 2.04. The largest absolute Gasteiger partial charge is 0.458 e. The quantitative estimate of drug-likeness (QED) is 0.565. The van der Waals surface area contributed by atoms with E-state index in [1.807, 2.05) is 0 Å². The highest BCUT2D eigenvalue weighted by molar-refractivity contribution is 6.14. The average Bonchev–Trinajstić information content (AvgIpc) is 3.25. The molecule has 1 spiro atoms. The third kappa shape index (κ3) is 2.33. The standard InChI is InChI=1S/C20H18N4O5/c1-3-8-28-17(26)14-10(2)24(9-13(21)25)18(27)20(14)12-7-5-4-6-11(12)15-16(20)23-19(22)29-15/h3-7H,1,8-9H2,2H3,(H2,21,25)(H2,22,23)/t20-/m0/s1. The van der Waals surface area contributed by atoms with E-state index in [0.29, 0.717) is 16.9 Å². The number of hydrogen-bond donors (Lipinski definition) is 2. The maximum Gasteiger partial charge on any atom is 0.337 e. The van der Waals surface area contributed by atoms with E-state index >= 15 is 0 Å². The molecule has 0 radical (unpaired) electrons. The van der Waals surface area contributed by atoms with Crippen molar-refractivity contribution >= 4 is 23.8 Å². The van der Waals surface area contributed by atoms with Crippen LogP contribution >= 0.6 is 0 Å². The van der Waals surface area contributed by atoms with E-state index in [1.54, 1.807) is 31.2 Å². The maximum absolute atomic E-state index is 13.7. The number of nitrogen functional groups attached to an aromatic ring is 1. The third-order valence-corrected chi connectivity index (χ3v) is 5.13. The highest BCUT2D eigenvalue weighted by Gasteiger charge is 2.63. The van der Waals surface area contributed by atoms with Gasteiger partial charge in [-0.25, -0.2) is 4.79 Å². The molecule has 29 heavy (non-hydrogen) atoms. The van der Waals surface area contributed by atoms with Crippen molar-refractivity contribution in [2.24, 2.45) is 5.73 Å². The number of oxazole rings is 1. The molecule has 0 saturated heterocycles. The summed E-state index contributed by atoms with van der Waals surface area (Å²) in [4.78, 5) is 43.8. The first-order valence-electron chi connectivity index (χ1n) is 8.80. The van der Waals surface area contributed by atoms with Crippen molar-refractivity contribution in [1.82, 2.24) is 9.88 Å². The molecule has 9 nitrogen and oxygen atoms in total. The molecular formula is C20H18N4O5. The zero-order valence-corrected chi connectivity index (χ0v) is 15.6. The number of fused-ring (bicyclic) bond motifs is 5. The number of benzene rings is 1. The highest BCUT2D eigenvalue weighted by atomic mass is 16.5. The molecule has 9 heteroatoms. The first kappa shape index (κ1) is 18.5. The number of rotatable bonds is 5. The van der Waals surface area contributed by atoms with Gasteiger partial charge in [0.25, 0.3) is 6.01 Å². The molecule has 1 atom stereocenters. The van der Waals surface area contributed by atoms with Crippen LogP contribution in [0.5, 0.6) is 0 Å². The molecule has 2 aromatic rings. The van der Waals surface area contributed by atoms with Gasteiger partial charge in [0, 0.05) is 11.3 Å². The summed E-state index contributed by atoms with van der Waals surface area (Å²) in [6, 6.07) is 6.83. The Hall–Kier alpha value is -3.88. The van der Waals surface area contributed by atoms with Crippen LogP contribution < -0.4 is 11.5 Å². The lowest BCUT2D eigenvalue weighted by Crippen LogP contribution is -2.44. The van der Waals surface area contributed by atoms with Crippen LogP contribution in [0.1, 0.15) is 18.2 Å². The van der Waals surface area contributed by atoms with Gasteiger partial charge in [0.1, 0.15) is 18.8 Å². The Morgan fingerprint density at radius 2 is 2.10 bits per heavy atom. The van der Waals surface area contributed by atoms with E-state index in [1.165, 1.54) is 11.0 Å². The van der Waals surface area contributed by atoms with Crippen LogP contribution in [0.4, 0.5) is 6.01 Å². The Kier molecular flexibility index (Phi) is 4.04. The minimum Gasteiger partial charge on any atom is -0.458 e. The van der Waals surface area contributed by atoms with Gasteiger partial charge < -0.3 is 25.5 Å². The van der Waals surface area contributed by atoms with Crippen LogP contribution in [0, 0.1) is 0 Å². The molecule has 4 N–H and O–H groups in total. The van der Waals surface area contributed by atoms with E-state index in [2.05, 4.69) is 11.6 Å². The molecule has 1 aliphatic carbocycles. The van der Waals surface area contributed by atoms with Crippen LogP contribution in [0.2, 0.25) is 0 Å². The molecule has 2 heterocycles. The maximum atomic E-state index is 13.7. The van der Waals surface area contributed by atoms with E-state index < -0.39 is 29.7 Å². The van der Waals surface area contributed by atoms with E-state index in [0.717, 1.165) is 0 Å². The van der Waals surface area contributed by atoms with E-state index in [-0.39, 0.29) is 29.6 Å². The molecule has 1 aromatic carbocycles. The number of aromatic nitrogens is 1. The number of amides is 2. The minimum absolute atomic E-state index is 0.0464. The van der Waals surface area contributed by atoms with Crippen molar-refractivity contribution in [1.29, 1.82) is 0 Å². The van der Waals surface area contributed by atoms with Crippen molar-refractivity contribution in [2.45, 2.75) is 12.3 Å². The van der Waals surface area contributed by atoms with Gasteiger partial charge in [0.2, 0.25) is 11.8 Å². The molecular weight excluding hydrogens is 376 g/mol. The number of anilines is 1. The van der Waals surface area contributed by atoms with Crippen LogP contribution in [-0.4, -0.2) is 40.8 Å². The van der Waals surface area contributed by atoms with Crippen molar-refractivity contribution in [3.8, 4) is 11.3 Å². The van der Waals surface area contributed by atoms with Gasteiger partial charge in [-0.15, -0.1) is 0 Å². The first-order chi connectivity index (χ1) is 13.8. The summed E-state index contributed by atoms with van der Waals surface area (Å²) < 4.78 is 10.8. The second kappa shape index (κ2) is 6.33. The van der Waals surface area contributed by atoms with Gasteiger partial charge in [-0.3, -0.25) is 9.59 Å². The Morgan fingerprint density at radius 1 is 1.38 bits per heavy atom. The second-order valence-corrected chi connectivity index (χ2v) is 6.73. The van der Waals surface area contributed by atoms with Crippen LogP contribution in [0.3, 0.4) is 0 Å². The number of allylic oxidation sites excluding steroid dienone is 1. The molecule has 1 aromatic heterocycles. The molecule has 0 unspecified atom stereocenters. The predicted octanol–water partition coefficient (Wildman–Crippen LogP) is 0.854. The number of carbonyl (C=O) groups excluding carboxylic acids is 3. The number of nitrogens with two attached hydrogens (primary N) is 2. The van der Waals surface area contributed by atoms with Crippen molar-refractivity contribution < 1.29 is 23.5 Å². The van der Waals surface area contributed by atoms with Crippen LogP contribution in [0.15, 0.2) is 52.6 Å².